The van der Waals surface area contributed by atoms with Crippen LogP contribution in [0.5, 0.6) is 11.5 Å². The van der Waals surface area contributed by atoms with Gasteiger partial charge in [0.15, 0.2) is 6.10 Å². The van der Waals surface area contributed by atoms with Crippen molar-refractivity contribution in [3.8, 4) is 22.6 Å². The van der Waals surface area contributed by atoms with Crippen molar-refractivity contribution in [2.24, 2.45) is 0 Å². The number of anilines is 1. The number of ether oxygens (including phenoxy) is 3. The van der Waals surface area contributed by atoms with Crippen molar-refractivity contribution >= 4 is 17.6 Å². The van der Waals surface area contributed by atoms with Crippen LogP contribution in [0, 0.1) is 0 Å². The largest absolute Gasteiger partial charge is 0.493 e. The summed E-state index contributed by atoms with van der Waals surface area (Å²) in [7, 11) is 1.38. The number of fused-ring (bicyclic) bond motifs is 1. The fourth-order valence-corrected chi connectivity index (χ4v) is 3.19. The Morgan fingerprint density at radius 3 is 2.03 bits per heavy atom. The number of nitrogens with one attached hydrogen (secondary N) is 1. The van der Waals surface area contributed by atoms with Gasteiger partial charge in [-0.25, -0.2) is 4.79 Å². The van der Waals surface area contributed by atoms with Crippen molar-refractivity contribution in [3.05, 3.63) is 78.4 Å². The molecule has 7 heteroatoms. The smallest absolute Gasteiger partial charge is 0.333 e. The second-order valence-corrected chi connectivity index (χ2v) is 7.72. The van der Waals surface area contributed by atoms with Crippen molar-refractivity contribution in [2.45, 2.75) is 25.9 Å². The van der Waals surface area contributed by atoms with Gasteiger partial charge in [0.25, 0.3) is 0 Å². The number of carboxylic acids is 1. The first kappa shape index (κ1) is 24.8. The van der Waals surface area contributed by atoms with Gasteiger partial charge < -0.3 is 24.6 Å². The Kier molecular flexibility index (Phi) is 9.05. The number of aliphatic carboxylic acids is 1. The minimum absolute atomic E-state index is 0.150. The first-order chi connectivity index (χ1) is 16.5. The minimum Gasteiger partial charge on any atom is -0.493 e. The molecule has 1 amide bonds. The van der Waals surface area contributed by atoms with E-state index in [-0.39, 0.29) is 5.91 Å². The standard InChI is InChI=1S/C21H25NO6.C6H4/c1-15(23)22-18-6-3-4-7-19(18)28-13-5-12-27-17-10-8-16(9-11-17)14-20(26-2)21(24)25;1-2-6-4-3-5(1)6/h3-4,6-11,20H,5,12-14H2,1-2H3,(H,22,23)(H,24,25);1-4H/t20-;/m0./s1. The Labute approximate surface area is 199 Å². The number of benzene rings is 3. The molecule has 1 atom stereocenters. The zero-order valence-electron chi connectivity index (χ0n) is 19.3. The summed E-state index contributed by atoms with van der Waals surface area (Å²) in [5.41, 5.74) is 4.35. The predicted molar refractivity (Wildman–Crippen MR) is 130 cm³/mol. The van der Waals surface area contributed by atoms with E-state index in [9.17, 15) is 9.59 Å². The fourth-order valence-electron chi connectivity index (χ4n) is 3.19. The summed E-state index contributed by atoms with van der Waals surface area (Å²) in [6.07, 6.45) is 0.110. The maximum Gasteiger partial charge on any atom is 0.333 e. The van der Waals surface area contributed by atoms with E-state index in [0.717, 1.165) is 5.56 Å². The van der Waals surface area contributed by atoms with E-state index in [0.29, 0.717) is 43.2 Å². The van der Waals surface area contributed by atoms with E-state index in [2.05, 4.69) is 29.6 Å². The van der Waals surface area contributed by atoms with Crippen molar-refractivity contribution in [1.29, 1.82) is 0 Å². The summed E-state index contributed by atoms with van der Waals surface area (Å²) < 4.78 is 16.3. The van der Waals surface area contributed by atoms with Gasteiger partial charge in [-0.15, -0.1) is 0 Å². The summed E-state index contributed by atoms with van der Waals surface area (Å²) in [6, 6.07) is 23.0. The summed E-state index contributed by atoms with van der Waals surface area (Å²) in [5.74, 6) is 0.186. The molecule has 0 aromatic heterocycles. The lowest BCUT2D eigenvalue weighted by Gasteiger charge is -2.12. The number of hydrogen-bond donors (Lipinski definition) is 2. The highest BCUT2D eigenvalue weighted by Crippen LogP contribution is 2.29. The van der Waals surface area contributed by atoms with E-state index in [1.54, 1.807) is 24.3 Å². The van der Waals surface area contributed by atoms with Gasteiger partial charge >= 0.3 is 5.97 Å². The zero-order chi connectivity index (χ0) is 24.3. The molecule has 4 rings (SSSR count). The van der Waals surface area contributed by atoms with Crippen LogP contribution in [-0.4, -0.2) is 43.4 Å². The van der Waals surface area contributed by atoms with Gasteiger partial charge in [0, 0.05) is 26.9 Å². The molecule has 7 nitrogen and oxygen atoms in total. The first-order valence-electron chi connectivity index (χ1n) is 11.0. The van der Waals surface area contributed by atoms with E-state index < -0.39 is 12.1 Å². The number of carbonyl (C=O) groups is 2. The number of hydrogen-bond acceptors (Lipinski definition) is 5. The molecule has 34 heavy (non-hydrogen) atoms. The van der Waals surface area contributed by atoms with Crippen LogP contribution in [0.2, 0.25) is 0 Å². The Morgan fingerprint density at radius 1 is 0.882 bits per heavy atom. The number of para-hydroxylation sites is 2. The average molecular weight is 464 g/mol. The maximum absolute atomic E-state index is 11.2. The molecule has 0 saturated heterocycles. The van der Waals surface area contributed by atoms with Gasteiger partial charge in [0.1, 0.15) is 11.5 Å². The third kappa shape index (κ3) is 7.35. The monoisotopic (exact) mass is 463 g/mol. The van der Waals surface area contributed by atoms with Gasteiger partial charge in [-0.2, -0.15) is 0 Å². The molecule has 2 aromatic carbocycles. The molecule has 0 aliphatic heterocycles. The van der Waals surface area contributed by atoms with Gasteiger partial charge in [0.05, 0.1) is 18.9 Å². The topological polar surface area (TPSA) is 94.1 Å². The third-order valence-corrected chi connectivity index (χ3v) is 5.14. The molecule has 2 N–H and O–H groups in total. The number of carboxylic acid groups (broad SMARTS) is 1. The summed E-state index contributed by atoms with van der Waals surface area (Å²) >= 11 is 0. The predicted octanol–water partition coefficient (Wildman–Crippen LogP) is 4.80. The molecule has 0 fully saturated rings. The number of carbonyl (C=O) groups excluding carboxylic acids is 1. The average Bonchev–Trinajstić information content (AvgIpc) is 2.81. The Bertz CT molecular complexity index is 1060. The van der Waals surface area contributed by atoms with Gasteiger partial charge in [-0.05, 0) is 41.0 Å². The minimum atomic E-state index is -0.983. The molecule has 0 unspecified atom stereocenters. The summed E-state index contributed by atoms with van der Waals surface area (Å²) in [5, 5.41) is 11.7. The van der Waals surface area contributed by atoms with Crippen molar-refractivity contribution in [3.63, 3.8) is 0 Å². The fraction of sp³-hybridized carbons (Fsp3) is 0.259. The highest BCUT2D eigenvalue weighted by atomic mass is 16.5. The van der Waals surface area contributed by atoms with Crippen LogP contribution < -0.4 is 14.8 Å². The molecule has 0 spiro atoms. The lowest BCUT2D eigenvalue weighted by atomic mass is 9.95. The highest BCUT2D eigenvalue weighted by molar-refractivity contribution is 5.90. The second-order valence-electron chi connectivity index (χ2n) is 7.72. The molecule has 0 saturated carbocycles. The second kappa shape index (κ2) is 12.4. The van der Waals surface area contributed by atoms with Gasteiger partial charge in [0.2, 0.25) is 5.91 Å². The van der Waals surface area contributed by atoms with Crippen LogP contribution in [0.1, 0.15) is 18.9 Å². The van der Waals surface area contributed by atoms with Crippen molar-refractivity contribution < 1.29 is 28.9 Å². The van der Waals surface area contributed by atoms with Crippen LogP contribution in [-0.2, 0) is 20.7 Å². The van der Waals surface area contributed by atoms with Crippen LogP contribution >= 0.6 is 0 Å². The molecular formula is C27H29NO6. The van der Waals surface area contributed by atoms with Crippen LogP contribution in [0.25, 0.3) is 11.1 Å². The number of amides is 1. The Balaban J connectivity index is 0.000000457. The zero-order valence-corrected chi connectivity index (χ0v) is 19.3. The van der Waals surface area contributed by atoms with Crippen LogP contribution in [0.15, 0.2) is 72.8 Å². The third-order valence-electron chi connectivity index (χ3n) is 5.14. The van der Waals surface area contributed by atoms with E-state index in [1.165, 1.54) is 25.2 Å². The normalized spacial score (nSPS) is 11.5. The van der Waals surface area contributed by atoms with Crippen LogP contribution in [0.3, 0.4) is 0 Å². The SMILES string of the molecule is CO[C@@H](Cc1ccc(OCCCOc2ccccc2NC(C)=O)cc1)C(=O)O.c1cc2ccc1-2. The lowest BCUT2D eigenvalue weighted by Crippen LogP contribution is -2.24. The first-order valence-corrected chi connectivity index (χ1v) is 11.0. The quantitative estimate of drug-likeness (QED) is 0.310. The summed E-state index contributed by atoms with van der Waals surface area (Å²) in [4.78, 5) is 22.2. The molecule has 0 heterocycles. The molecular weight excluding hydrogens is 434 g/mol. The van der Waals surface area contributed by atoms with Crippen LogP contribution in [0.4, 0.5) is 5.69 Å². The van der Waals surface area contributed by atoms with E-state index >= 15 is 0 Å². The molecule has 2 aliphatic carbocycles. The van der Waals surface area contributed by atoms with Crippen molar-refractivity contribution in [2.75, 3.05) is 25.6 Å². The summed E-state index contributed by atoms with van der Waals surface area (Å²) in [6.45, 7) is 2.37. The van der Waals surface area contributed by atoms with E-state index in [4.69, 9.17) is 19.3 Å². The molecule has 0 bridgehead atoms. The number of methoxy groups -OCH3 is 1. The molecule has 178 valence electrons. The molecule has 2 aromatic rings. The van der Waals surface area contributed by atoms with Gasteiger partial charge in [-0.3, -0.25) is 4.79 Å². The van der Waals surface area contributed by atoms with E-state index in [1.807, 2.05) is 24.3 Å². The highest BCUT2D eigenvalue weighted by Gasteiger charge is 2.16. The maximum atomic E-state index is 11.2. The number of rotatable bonds is 11. The van der Waals surface area contributed by atoms with Gasteiger partial charge in [-0.1, -0.05) is 48.5 Å². The Hall–Kier alpha value is -3.84. The lowest BCUT2D eigenvalue weighted by molar-refractivity contribution is -0.148. The molecule has 0 radical (unpaired) electrons. The Morgan fingerprint density at radius 2 is 1.50 bits per heavy atom. The molecule has 2 aliphatic rings. The van der Waals surface area contributed by atoms with Crippen molar-refractivity contribution in [1.82, 2.24) is 0 Å².